The van der Waals surface area contributed by atoms with Crippen molar-refractivity contribution in [3.63, 3.8) is 0 Å². The predicted octanol–water partition coefficient (Wildman–Crippen LogP) is 5.83. The summed E-state index contributed by atoms with van der Waals surface area (Å²) in [5.74, 6) is -4.05. The third-order valence-electron chi connectivity index (χ3n) is 9.25. The zero-order valence-corrected chi connectivity index (χ0v) is 27.4. The molecule has 0 fully saturated rings. The Kier molecular flexibility index (Phi) is 8.76. The van der Waals surface area contributed by atoms with Crippen LogP contribution in [-0.2, 0) is 5.41 Å². The first kappa shape index (κ1) is 33.9. The maximum absolute atomic E-state index is 13.2. The Morgan fingerprint density at radius 1 is 0.824 bits per heavy atom. The molecule has 0 radical (unpaired) electrons. The largest absolute Gasteiger partial charge is 0.478 e. The van der Waals surface area contributed by atoms with Crippen LogP contribution in [0.1, 0.15) is 83.1 Å². The average Bonchev–Trinajstić information content (AvgIpc) is 3.10. The van der Waals surface area contributed by atoms with E-state index in [1.165, 1.54) is 30.3 Å². The average molecular weight is 683 g/mol. The maximum atomic E-state index is 13.2. The summed E-state index contributed by atoms with van der Waals surface area (Å²) in [5.41, 5.74) is 20.9. The van der Waals surface area contributed by atoms with Crippen LogP contribution in [0.4, 0.5) is 17.1 Å². The lowest BCUT2D eigenvalue weighted by atomic mass is 9.67. The number of aromatic carboxylic acids is 2. The van der Waals surface area contributed by atoms with E-state index in [1.54, 1.807) is 36.4 Å². The molecule has 0 bridgehead atoms. The van der Waals surface area contributed by atoms with Gasteiger partial charge in [-0.25, -0.2) is 9.59 Å². The number of benzene rings is 5. The van der Waals surface area contributed by atoms with Gasteiger partial charge in [-0.3, -0.25) is 15.0 Å². The van der Waals surface area contributed by atoms with Gasteiger partial charge < -0.3 is 38.0 Å². The Morgan fingerprint density at radius 2 is 1.55 bits per heavy atom. The highest BCUT2D eigenvalue weighted by molar-refractivity contribution is 6.07. The summed E-state index contributed by atoms with van der Waals surface area (Å²) >= 11 is 0. The van der Waals surface area contributed by atoms with E-state index in [0.29, 0.717) is 28.9 Å². The Hall–Kier alpha value is -6.95. The molecule has 0 saturated carbocycles. The van der Waals surface area contributed by atoms with Gasteiger partial charge in [0.2, 0.25) is 5.91 Å². The van der Waals surface area contributed by atoms with E-state index in [2.05, 4.69) is 10.6 Å². The second kappa shape index (κ2) is 13.2. The standard InChI is InChI=1S/C39H34N6O6/c1-39(24-7-3-2-4-8-24)19-31(45-30-13-10-21(34(41)42)18-29(30)39)32-28(35(43)46)12-11-27(33(32)38(50)51)20-6-5-9-26(17-20)44-36(47)22-14-23(37(48)49)16-25(40)15-22/h2-18,31,45H,19,40H2,1H3,(H3,41,42)(H2,43,46)(H,44,47)(H,48,49)(H,50,51). The van der Waals surface area contributed by atoms with Crippen LogP contribution in [0.2, 0.25) is 0 Å². The molecule has 5 aromatic carbocycles. The molecule has 12 nitrogen and oxygen atoms in total. The van der Waals surface area contributed by atoms with Gasteiger partial charge >= 0.3 is 11.9 Å². The highest BCUT2D eigenvalue weighted by atomic mass is 16.4. The Labute approximate surface area is 292 Å². The van der Waals surface area contributed by atoms with Crippen LogP contribution in [0, 0.1) is 5.41 Å². The fourth-order valence-electron chi connectivity index (χ4n) is 6.85. The summed E-state index contributed by atoms with van der Waals surface area (Å²) in [4.78, 5) is 50.9. The summed E-state index contributed by atoms with van der Waals surface area (Å²) in [6, 6.07) is 27.6. The van der Waals surface area contributed by atoms with Crippen molar-refractivity contribution in [2.24, 2.45) is 11.5 Å². The van der Waals surface area contributed by atoms with Gasteiger partial charge in [-0.2, -0.15) is 0 Å². The number of amidine groups is 1. The second-order valence-corrected chi connectivity index (χ2v) is 12.6. The van der Waals surface area contributed by atoms with E-state index in [4.69, 9.17) is 22.6 Å². The Bertz CT molecular complexity index is 2270. The third-order valence-corrected chi connectivity index (χ3v) is 9.25. The van der Waals surface area contributed by atoms with Gasteiger partial charge in [0.15, 0.2) is 0 Å². The summed E-state index contributed by atoms with van der Waals surface area (Å²) < 4.78 is 0. The van der Waals surface area contributed by atoms with E-state index in [1.807, 2.05) is 43.3 Å². The minimum atomic E-state index is -1.29. The highest BCUT2D eigenvalue weighted by Gasteiger charge is 2.41. The molecular formula is C39H34N6O6. The molecule has 1 heterocycles. The van der Waals surface area contributed by atoms with Gasteiger partial charge in [0, 0.05) is 44.7 Å². The van der Waals surface area contributed by atoms with Crippen molar-refractivity contribution in [1.29, 1.82) is 5.41 Å². The number of carbonyl (C=O) groups is 4. The number of anilines is 3. The number of carbonyl (C=O) groups excluding carboxylic acids is 2. The van der Waals surface area contributed by atoms with E-state index < -0.39 is 35.2 Å². The first-order chi connectivity index (χ1) is 24.3. The van der Waals surface area contributed by atoms with E-state index >= 15 is 0 Å². The molecule has 0 aromatic heterocycles. The SMILES string of the molecule is CC1(c2ccccc2)CC(c2c(C(N)=O)ccc(-c3cccc(NC(=O)c4cc(N)cc(C(=O)O)c4)c3)c2C(=O)O)Nc2ccc(C(=N)N)cc21. The van der Waals surface area contributed by atoms with Crippen LogP contribution in [-0.4, -0.2) is 39.8 Å². The molecular weight excluding hydrogens is 648 g/mol. The lowest BCUT2D eigenvalue weighted by Gasteiger charge is -2.42. The van der Waals surface area contributed by atoms with Crippen molar-refractivity contribution in [1.82, 2.24) is 0 Å². The van der Waals surface area contributed by atoms with Crippen LogP contribution < -0.4 is 27.8 Å². The van der Waals surface area contributed by atoms with Crippen molar-refractivity contribution in [2.45, 2.75) is 24.8 Å². The minimum Gasteiger partial charge on any atom is -0.478 e. The molecule has 1 aliphatic heterocycles. The van der Waals surface area contributed by atoms with Gasteiger partial charge in [-0.1, -0.05) is 55.5 Å². The van der Waals surface area contributed by atoms with Gasteiger partial charge in [-0.05, 0) is 83.3 Å². The molecule has 11 N–H and O–H groups in total. The van der Waals surface area contributed by atoms with E-state index in [9.17, 15) is 29.4 Å². The molecule has 1 aliphatic rings. The minimum absolute atomic E-state index is 0.0256. The fraction of sp³-hybridized carbons (Fsp3) is 0.103. The topological polar surface area (TPSA) is 235 Å². The number of hydrogen-bond acceptors (Lipinski definition) is 7. The first-order valence-corrected chi connectivity index (χ1v) is 15.8. The van der Waals surface area contributed by atoms with Crippen molar-refractivity contribution in [2.75, 3.05) is 16.4 Å². The fourth-order valence-corrected chi connectivity index (χ4v) is 6.85. The van der Waals surface area contributed by atoms with Gasteiger partial charge in [0.1, 0.15) is 5.84 Å². The van der Waals surface area contributed by atoms with Gasteiger partial charge in [-0.15, -0.1) is 0 Å². The Morgan fingerprint density at radius 3 is 2.22 bits per heavy atom. The van der Waals surface area contributed by atoms with E-state index in [0.717, 1.165) is 11.1 Å². The molecule has 5 aromatic rings. The number of primary amides is 1. The van der Waals surface area contributed by atoms with Crippen LogP contribution in [0.3, 0.4) is 0 Å². The van der Waals surface area contributed by atoms with Crippen molar-refractivity contribution in [3.05, 3.63) is 148 Å². The molecule has 12 heteroatoms. The number of fused-ring (bicyclic) bond motifs is 1. The van der Waals surface area contributed by atoms with E-state index in [-0.39, 0.29) is 44.9 Å². The number of carboxylic acids is 2. The van der Waals surface area contributed by atoms with Crippen molar-refractivity contribution in [3.8, 4) is 11.1 Å². The normalized spacial score (nSPS) is 16.3. The number of nitrogen functional groups attached to an aromatic ring is 2. The number of carboxylic acid groups (broad SMARTS) is 2. The third kappa shape index (κ3) is 6.45. The molecule has 2 unspecified atom stereocenters. The van der Waals surface area contributed by atoms with Crippen LogP contribution in [0.25, 0.3) is 11.1 Å². The van der Waals surface area contributed by atoms with Crippen molar-refractivity contribution < 1.29 is 29.4 Å². The summed E-state index contributed by atoms with van der Waals surface area (Å²) in [6.45, 7) is 2.03. The first-order valence-electron chi connectivity index (χ1n) is 15.8. The number of hydrogen-bond donors (Lipinski definition) is 8. The van der Waals surface area contributed by atoms with Crippen LogP contribution in [0.5, 0.6) is 0 Å². The molecule has 0 spiro atoms. The van der Waals surface area contributed by atoms with Crippen LogP contribution in [0.15, 0.2) is 103 Å². The number of nitrogens with one attached hydrogen (secondary N) is 3. The number of nitrogens with two attached hydrogens (primary N) is 3. The smallest absolute Gasteiger partial charge is 0.336 e. The molecule has 0 aliphatic carbocycles. The molecule has 51 heavy (non-hydrogen) atoms. The highest BCUT2D eigenvalue weighted by Crippen LogP contribution is 2.50. The summed E-state index contributed by atoms with van der Waals surface area (Å²) in [6.07, 6.45) is 0.310. The van der Waals surface area contributed by atoms with Gasteiger partial charge in [0.25, 0.3) is 5.91 Å². The van der Waals surface area contributed by atoms with Crippen LogP contribution >= 0.6 is 0 Å². The van der Waals surface area contributed by atoms with Crippen molar-refractivity contribution >= 4 is 46.7 Å². The predicted molar refractivity (Wildman–Crippen MR) is 194 cm³/mol. The number of amides is 2. The molecule has 0 saturated heterocycles. The summed E-state index contributed by atoms with van der Waals surface area (Å²) in [7, 11) is 0. The quantitative estimate of drug-likeness (QED) is 0.0530. The zero-order chi connectivity index (χ0) is 36.6. The molecule has 256 valence electrons. The second-order valence-electron chi connectivity index (χ2n) is 12.6. The monoisotopic (exact) mass is 682 g/mol. The molecule has 6 rings (SSSR count). The molecule has 2 amide bonds. The summed E-state index contributed by atoms with van der Waals surface area (Å²) in [5, 5.41) is 34.4. The molecule has 2 atom stereocenters. The zero-order valence-electron chi connectivity index (χ0n) is 27.4. The Balaban J connectivity index is 1.47. The van der Waals surface area contributed by atoms with Gasteiger partial charge in [0.05, 0.1) is 17.2 Å². The lowest BCUT2D eigenvalue weighted by Crippen LogP contribution is -2.36. The number of rotatable bonds is 9. The lowest BCUT2D eigenvalue weighted by molar-refractivity contribution is 0.0685. The maximum Gasteiger partial charge on any atom is 0.336 e.